The number of hydrogen-bond donors (Lipinski definition) is 1. The number of nitrogens with zero attached hydrogens (tertiary/aromatic N) is 2. The number of anilines is 1. The van der Waals surface area contributed by atoms with E-state index < -0.39 is 4.92 Å². The number of rotatable bonds is 6. The molecule has 1 heterocycles. The molecule has 28 heavy (non-hydrogen) atoms. The van der Waals surface area contributed by atoms with Gasteiger partial charge in [-0.25, -0.2) is 4.98 Å². The number of nitro benzene ring substituents is 1. The first-order chi connectivity index (χ1) is 13.4. The molecule has 1 N–H and O–H groups in total. The summed E-state index contributed by atoms with van der Waals surface area (Å²) in [6.45, 7) is 1.74. The van der Waals surface area contributed by atoms with Crippen LogP contribution in [0.5, 0.6) is 11.5 Å². The smallest absolute Gasteiger partial charge is 0.271 e. The van der Waals surface area contributed by atoms with Gasteiger partial charge in [-0.15, -0.1) is 11.3 Å². The highest BCUT2D eigenvalue weighted by atomic mass is 32.1. The van der Waals surface area contributed by atoms with Gasteiger partial charge in [0, 0.05) is 23.4 Å². The van der Waals surface area contributed by atoms with Gasteiger partial charge in [0.25, 0.3) is 11.6 Å². The van der Waals surface area contributed by atoms with E-state index in [4.69, 9.17) is 9.47 Å². The second-order valence-electron chi connectivity index (χ2n) is 5.76. The Kier molecular flexibility index (Phi) is 5.55. The number of aryl methyl sites for hydroxylation is 1. The number of nitrogens with one attached hydrogen (secondary N) is 1. The summed E-state index contributed by atoms with van der Waals surface area (Å²) in [5.41, 5.74) is 1.61. The molecule has 0 spiro atoms. The van der Waals surface area contributed by atoms with Crippen LogP contribution in [0.2, 0.25) is 0 Å². The molecule has 9 heteroatoms. The number of carbonyl (C=O) groups is 1. The average Bonchev–Trinajstić information content (AvgIpc) is 3.09. The summed E-state index contributed by atoms with van der Waals surface area (Å²) >= 11 is 1.23. The summed E-state index contributed by atoms with van der Waals surface area (Å²) in [5, 5.41) is 14.2. The van der Waals surface area contributed by atoms with Crippen molar-refractivity contribution in [2.45, 2.75) is 6.92 Å². The van der Waals surface area contributed by atoms with Crippen LogP contribution in [0, 0.1) is 17.0 Å². The van der Waals surface area contributed by atoms with Crippen molar-refractivity contribution in [2.75, 3.05) is 19.5 Å². The summed E-state index contributed by atoms with van der Waals surface area (Å²) in [4.78, 5) is 27.9. The largest absolute Gasteiger partial charge is 0.493 e. The molecule has 0 bridgehead atoms. The zero-order valence-corrected chi connectivity index (χ0v) is 16.2. The van der Waals surface area contributed by atoms with E-state index in [0.29, 0.717) is 32.8 Å². The second-order valence-corrected chi connectivity index (χ2v) is 6.76. The van der Waals surface area contributed by atoms with Gasteiger partial charge >= 0.3 is 0 Å². The van der Waals surface area contributed by atoms with E-state index in [1.54, 1.807) is 39.3 Å². The number of aromatic nitrogens is 1. The number of amides is 1. The molecule has 0 aliphatic carbocycles. The normalized spacial score (nSPS) is 10.4. The average molecular weight is 399 g/mol. The van der Waals surface area contributed by atoms with E-state index in [1.165, 1.54) is 29.5 Å². The van der Waals surface area contributed by atoms with E-state index in [1.807, 2.05) is 6.07 Å². The van der Waals surface area contributed by atoms with Gasteiger partial charge in [0.15, 0.2) is 11.5 Å². The molecular formula is C19H17N3O5S. The number of benzene rings is 2. The van der Waals surface area contributed by atoms with E-state index >= 15 is 0 Å². The Bertz CT molecular complexity index is 1050. The molecule has 0 saturated carbocycles. The second kappa shape index (κ2) is 8.05. The molecule has 8 nitrogen and oxygen atoms in total. The minimum absolute atomic E-state index is 0.0927. The van der Waals surface area contributed by atoms with Gasteiger partial charge < -0.3 is 14.8 Å². The maximum Gasteiger partial charge on any atom is 0.271 e. The van der Waals surface area contributed by atoms with Gasteiger partial charge in [-0.3, -0.25) is 14.9 Å². The first-order valence-electron chi connectivity index (χ1n) is 8.18. The first-order valence-corrected chi connectivity index (χ1v) is 9.00. The number of non-ortho nitro benzene ring substituents is 1. The molecule has 144 valence electrons. The number of ether oxygens (including phenoxy) is 2. The van der Waals surface area contributed by atoms with Gasteiger partial charge in [0.2, 0.25) is 0 Å². The molecule has 0 unspecified atom stereocenters. The van der Waals surface area contributed by atoms with Crippen molar-refractivity contribution < 1.29 is 19.2 Å². The van der Waals surface area contributed by atoms with Crippen LogP contribution in [-0.2, 0) is 0 Å². The predicted molar refractivity (Wildman–Crippen MR) is 106 cm³/mol. The molecule has 0 fully saturated rings. The van der Waals surface area contributed by atoms with Crippen molar-refractivity contribution in [3.05, 3.63) is 63.1 Å². The Hall–Kier alpha value is -3.46. The third-order valence-corrected chi connectivity index (χ3v) is 5.15. The number of hydrogen-bond acceptors (Lipinski definition) is 7. The Morgan fingerprint density at radius 1 is 1.14 bits per heavy atom. The lowest BCUT2D eigenvalue weighted by Crippen LogP contribution is -2.11. The van der Waals surface area contributed by atoms with Crippen molar-refractivity contribution in [1.29, 1.82) is 0 Å². The Balaban J connectivity index is 1.87. The van der Waals surface area contributed by atoms with Crippen LogP contribution in [-0.4, -0.2) is 30.0 Å². The van der Waals surface area contributed by atoms with Gasteiger partial charge in [0.1, 0.15) is 9.88 Å². The minimum atomic E-state index is -0.511. The fraction of sp³-hybridized carbons (Fsp3) is 0.158. The summed E-state index contributed by atoms with van der Waals surface area (Å²) in [5.74, 6) is 0.792. The van der Waals surface area contributed by atoms with E-state index in [-0.39, 0.29) is 11.6 Å². The predicted octanol–water partition coefficient (Wildman–Crippen LogP) is 4.30. The molecule has 2 aromatic carbocycles. The number of methoxy groups -OCH3 is 2. The molecule has 0 radical (unpaired) electrons. The van der Waals surface area contributed by atoms with Gasteiger partial charge in [0.05, 0.1) is 24.8 Å². The standard InChI is InChI=1S/C19H17N3O5S/c1-11-17(18(23)21-13-5-4-6-14(10-13)22(24)25)28-19(20-11)12-7-8-15(26-2)16(9-12)27-3/h4-10H,1-3H3,(H,21,23). The van der Waals surface area contributed by atoms with Crippen LogP contribution >= 0.6 is 11.3 Å². The Morgan fingerprint density at radius 3 is 2.57 bits per heavy atom. The van der Waals surface area contributed by atoms with Crippen molar-refractivity contribution in [1.82, 2.24) is 4.98 Å². The van der Waals surface area contributed by atoms with E-state index in [2.05, 4.69) is 10.3 Å². The zero-order chi connectivity index (χ0) is 20.3. The lowest BCUT2D eigenvalue weighted by molar-refractivity contribution is -0.384. The van der Waals surface area contributed by atoms with E-state index in [0.717, 1.165) is 5.56 Å². The molecule has 0 aliphatic rings. The van der Waals surface area contributed by atoms with Crippen LogP contribution < -0.4 is 14.8 Å². The van der Waals surface area contributed by atoms with Crippen molar-refractivity contribution in [3.63, 3.8) is 0 Å². The molecule has 3 aromatic rings. The van der Waals surface area contributed by atoms with Gasteiger partial charge in [-0.2, -0.15) is 0 Å². The van der Waals surface area contributed by atoms with Crippen LogP contribution in [0.1, 0.15) is 15.4 Å². The molecule has 3 rings (SSSR count). The van der Waals surface area contributed by atoms with Crippen molar-refractivity contribution in [3.8, 4) is 22.1 Å². The first kappa shape index (κ1) is 19.3. The maximum atomic E-state index is 12.6. The quantitative estimate of drug-likeness (QED) is 0.490. The third kappa shape index (κ3) is 3.94. The highest BCUT2D eigenvalue weighted by molar-refractivity contribution is 7.17. The highest BCUT2D eigenvalue weighted by Crippen LogP contribution is 2.35. The third-order valence-electron chi connectivity index (χ3n) is 3.95. The summed E-state index contributed by atoms with van der Waals surface area (Å²) in [6, 6.07) is 11.2. The lowest BCUT2D eigenvalue weighted by atomic mass is 10.2. The van der Waals surface area contributed by atoms with Crippen molar-refractivity contribution >= 4 is 28.6 Å². The SMILES string of the molecule is COc1ccc(-c2nc(C)c(C(=O)Nc3cccc([N+](=O)[O-])c3)s2)cc1OC. The summed E-state index contributed by atoms with van der Waals surface area (Å²) < 4.78 is 10.5. The lowest BCUT2D eigenvalue weighted by Gasteiger charge is -2.08. The molecule has 0 atom stereocenters. The van der Waals surface area contributed by atoms with Crippen LogP contribution in [0.25, 0.3) is 10.6 Å². The van der Waals surface area contributed by atoms with Crippen LogP contribution in [0.3, 0.4) is 0 Å². The van der Waals surface area contributed by atoms with Gasteiger partial charge in [-0.1, -0.05) is 6.07 Å². The fourth-order valence-corrected chi connectivity index (χ4v) is 3.54. The monoisotopic (exact) mass is 399 g/mol. The fourth-order valence-electron chi connectivity index (χ4n) is 2.58. The van der Waals surface area contributed by atoms with E-state index in [9.17, 15) is 14.9 Å². The molecule has 0 saturated heterocycles. The molecule has 0 aliphatic heterocycles. The number of carbonyl (C=O) groups excluding carboxylic acids is 1. The molecule has 1 aromatic heterocycles. The Labute approximate surface area is 164 Å². The van der Waals surface area contributed by atoms with Crippen LogP contribution in [0.4, 0.5) is 11.4 Å². The summed E-state index contributed by atoms with van der Waals surface area (Å²) in [7, 11) is 3.11. The summed E-state index contributed by atoms with van der Waals surface area (Å²) in [6.07, 6.45) is 0. The zero-order valence-electron chi connectivity index (χ0n) is 15.4. The van der Waals surface area contributed by atoms with Gasteiger partial charge in [-0.05, 0) is 31.2 Å². The maximum absolute atomic E-state index is 12.6. The van der Waals surface area contributed by atoms with Crippen LogP contribution in [0.15, 0.2) is 42.5 Å². The Morgan fingerprint density at radius 2 is 1.89 bits per heavy atom. The molecular weight excluding hydrogens is 382 g/mol. The number of nitro groups is 1. The topological polar surface area (TPSA) is 104 Å². The molecule has 1 amide bonds. The highest BCUT2D eigenvalue weighted by Gasteiger charge is 2.18. The van der Waals surface area contributed by atoms with Crippen molar-refractivity contribution in [2.24, 2.45) is 0 Å². The number of thiazole rings is 1. The minimum Gasteiger partial charge on any atom is -0.493 e.